The molecule has 21 heavy (non-hydrogen) atoms. The highest BCUT2D eigenvalue weighted by Crippen LogP contribution is 2.19. The van der Waals surface area contributed by atoms with E-state index in [0.717, 1.165) is 10.2 Å². The van der Waals surface area contributed by atoms with Crippen LogP contribution in [0.15, 0.2) is 52.0 Å². The van der Waals surface area contributed by atoms with Gasteiger partial charge in [-0.3, -0.25) is 4.79 Å². The van der Waals surface area contributed by atoms with Gasteiger partial charge in [0.15, 0.2) is 0 Å². The fourth-order valence-corrected chi connectivity index (χ4v) is 3.22. The number of carbonyl (C=O) groups excluding carboxylic acids is 1. The zero-order chi connectivity index (χ0) is 15.2. The summed E-state index contributed by atoms with van der Waals surface area (Å²) in [6, 6.07) is 12.3. The van der Waals surface area contributed by atoms with Gasteiger partial charge in [-0.15, -0.1) is 11.8 Å². The minimum Gasteiger partial charge on any atom is -0.350 e. The highest BCUT2D eigenvalue weighted by molar-refractivity contribution is 9.10. The average Bonchev–Trinajstić information content (AvgIpc) is 2.87. The second-order valence-electron chi connectivity index (χ2n) is 4.96. The van der Waals surface area contributed by atoms with Gasteiger partial charge in [-0.05, 0) is 48.0 Å². The van der Waals surface area contributed by atoms with Gasteiger partial charge in [0, 0.05) is 33.9 Å². The van der Waals surface area contributed by atoms with Crippen LogP contribution in [0, 0.1) is 0 Å². The molecule has 0 saturated carbocycles. The maximum absolute atomic E-state index is 12.2. The fraction of sp³-hybridized carbons (Fsp3) is 0.312. The molecule has 112 valence electrons. The van der Waals surface area contributed by atoms with Gasteiger partial charge in [0.2, 0.25) is 0 Å². The molecular weight excluding hydrogens is 348 g/mol. The lowest BCUT2D eigenvalue weighted by Crippen LogP contribution is -2.28. The first-order valence-electron chi connectivity index (χ1n) is 6.91. The molecule has 2 aromatic rings. The van der Waals surface area contributed by atoms with E-state index in [9.17, 15) is 4.79 Å². The van der Waals surface area contributed by atoms with E-state index in [1.165, 1.54) is 4.90 Å². The van der Waals surface area contributed by atoms with Crippen LogP contribution in [0.25, 0.3) is 0 Å². The zero-order valence-corrected chi connectivity index (χ0v) is 14.6. The summed E-state index contributed by atoms with van der Waals surface area (Å²) < 4.78 is 2.91. The Morgan fingerprint density at radius 3 is 2.71 bits per heavy atom. The molecule has 0 aliphatic rings. The first-order valence-corrected chi connectivity index (χ1v) is 8.69. The van der Waals surface area contributed by atoms with E-state index in [2.05, 4.69) is 47.2 Å². The Bertz CT molecular complexity index is 596. The van der Waals surface area contributed by atoms with E-state index in [-0.39, 0.29) is 11.9 Å². The number of nitrogens with one attached hydrogen (secondary N) is 1. The Morgan fingerprint density at radius 1 is 1.33 bits per heavy atom. The summed E-state index contributed by atoms with van der Waals surface area (Å²) in [5, 5.41) is 2.98. The number of amides is 1. The zero-order valence-electron chi connectivity index (χ0n) is 12.2. The lowest BCUT2D eigenvalue weighted by molar-refractivity contribution is 0.0945. The summed E-state index contributed by atoms with van der Waals surface area (Å²) in [4.78, 5) is 13.5. The molecule has 0 atom stereocenters. The normalized spacial score (nSPS) is 10.9. The van der Waals surface area contributed by atoms with E-state index in [1.807, 2.05) is 35.0 Å². The van der Waals surface area contributed by atoms with Crippen LogP contribution in [-0.4, -0.2) is 22.8 Å². The summed E-state index contributed by atoms with van der Waals surface area (Å²) in [6.07, 6.45) is 1.94. The van der Waals surface area contributed by atoms with E-state index >= 15 is 0 Å². The first kappa shape index (κ1) is 16.2. The quantitative estimate of drug-likeness (QED) is 0.608. The fourth-order valence-electron chi connectivity index (χ4n) is 2.00. The third-order valence-electron chi connectivity index (χ3n) is 3.00. The monoisotopic (exact) mass is 366 g/mol. The van der Waals surface area contributed by atoms with Crippen molar-refractivity contribution < 1.29 is 4.79 Å². The summed E-state index contributed by atoms with van der Waals surface area (Å²) >= 11 is 5.17. The van der Waals surface area contributed by atoms with Gasteiger partial charge < -0.3 is 9.88 Å². The summed E-state index contributed by atoms with van der Waals surface area (Å²) in [7, 11) is 0. The van der Waals surface area contributed by atoms with Crippen molar-refractivity contribution in [3.05, 3.63) is 52.8 Å². The predicted octanol–water partition coefficient (Wildman–Crippen LogP) is 4.35. The molecule has 0 bridgehead atoms. The number of hydrogen-bond donors (Lipinski definition) is 1. The second kappa shape index (κ2) is 7.71. The van der Waals surface area contributed by atoms with Crippen molar-refractivity contribution in [3.63, 3.8) is 0 Å². The SMILES string of the molecule is CC(C)n1cc(Br)cc1C(=O)NCCSc1ccccc1. The molecule has 1 amide bonds. The van der Waals surface area contributed by atoms with Crippen LogP contribution < -0.4 is 5.32 Å². The van der Waals surface area contributed by atoms with Crippen molar-refractivity contribution in [1.29, 1.82) is 0 Å². The van der Waals surface area contributed by atoms with Crippen molar-refractivity contribution in [2.24, 2.45) is 0 Å². The summed E-state index contributed by atoms with van der Waals surface area (Å²) in [5.41, 5.74) is 0.696. The van der Waals surface area contributed by atoms with Crippen molar-refractivity contribution in [3.8, 4) is 0 Å². The molecule has 0 unspecified atom stereocenters. The van der Waals surface area contributed by atoms with Crippen LogP contribution in [0.3, 0.4) is 0 Å². The first-order chi connectivity index (χ1) is 10.1. The number of aromatic nitrogens is 1. The predicted molar refractivity (Wildman–Crippen MR) is 92.0 cm³/mol. The van der Waals surface area contributed by atoms with Crippen molar-refractivity contribution in [2.75, 3.05) is 12.3 Å². The van der Waals surface area contributed by atoms with E-state index in [0.29, 0.717) is 12.2 Å². The van der Waals surface area contributed by atoms with Crippen LogP contribution >= 0.6 is 27.7 Å². The van der Waals surface area contributed by atoms with E-state index < -0.39 is 0 Å². The summed E-state index contributed by atoms with van der Waals surface area (Å²) in [5.74, 6) is 0.835. The number of rotatable bonds is 6. The third-order valence-corrected chi connectivity index (χ3v) is 4.45. The Labute approximate surface area is 138 Å². The number of halogens is 1. The van der Waals surface area contributed by atoms with Crippen LogP contribution in [0.4, 0.5) is 0 Å². The molecule has 1 aromatic carbocycles. The van der Waals surface area contributed by atoms with Gasteiger partial charge in [-0.2, -0.15) is 0 Å². The Morgan fingerprint density at radius 2 is 2.05 bits per heavy atom. The number of hydrogen-bond acceptors (Lipinski definition) is 2. The molecule has 3 nitrogen and oxygen atoms in total. The van der Waals surface area contributed by atoms with E-state index in [1.54, 1.807) is 11.8 Å². The highest BCUT2D eigenvalue weighted by Gasteiger charge is 2.14. The largest absolute Gasteiger partial charge is 0.350 e. The van der Waals surface area contributed by atoms with Gasteiger partial charge in [0.25, 0.3) is 5.91 Å². The van der Waals surface area contributed by atoms with Gasteiger partial charge >= 0.3 is 0 Å². The molecule has 0 spiro atoms. The smallest absolute Gasteiger partial charge is 0.267 e. The van der Waals surface area contributed by atoms with Crippen LogP contribution in [0.2, 0.25) is 0 Å². The maximum atomic E-state index is 12.2. The number of nitrogens with zero attached hydrogens (tertiary/aromatic N) is 1. The lowest BCUT2D eigenvalue weighted by Gasteiger charge is -2.12. The molecule has 1 aromatic heterocycles. The minimum atomic E-state index is -0.0249. The summed E-state index contributed by atoms with van der Waals surface area (Å²) in [6.45, 7) is 4.78. The molecule has 2 rings (SSSR count). The molecule has 0 fully saturated rings. The maximum Gasteiger partial charge on any atom is 0.267 e. The number of benzene rings is 1. The van der Waals surface area contributed by atoms with Gasteiger partial charge in [-0.1, -0.05) is 18.2 Å². The second-order valence-corrected chi connectivity index (χ2v) is 7.05. The highest BCUT2D eigenvalue weighted by atomic mass is 79.9. The van der Waals surface area contributed by atoms with Crippen LogP contribution in [0.1, 0.15) is 30.4 Å². The van der Waals surface area contributed by atoms with Crippen LogP contribution in [-0.2, 0) is 0 Å². The molecule has 0 aliphatic heterocycles. The minimum absolute atomic E-state index is 0.0249. The molecule has 0 saturated heterocycles. The standard InChI is InChI=1S/C16H19BrN2OS/c1-12(2)19-11-13(17)10-15(19)16(20)18-8-9-21-14-6-4-3-5-7-14/h3-7,10-12H,8-9H2,1-2H3,(H,18,20). The van der Waals surface area contributed by atoms with Gasteiger partial charge in [-0.25, -0.2) is 0 Å². The van der Waals surface area contributed by atoms with Gasteiger partial charge in [0.05, 0.1) is 0 Å². The molecule has 0 radical (unpaired) electrons. The Balaban J connectivity index is 1.85. The van der Waals surface area contributed by atoms with Gasteiger partial charge in [0.1, 0.15) is 5.69 Å². The topological polar surface area (TPSA) is 34.0 Å². The molecule has 0 aliphatic carbocycles. The van der Waals surface area contributed by atoms with E-state index in [4.69, 9.17) is 0 Å². The Hall–Kier alpha value is -1.20. The number of carbonyl (C=O) groups is 1. The number of thioether (sulfide) groups is 1. The molecule has 1 heterocycles. The van der Waals surface area contributed by atoms with Crippen molar-refractivity contribution in [1.82, 2.24) is 9.88 Å². The Kier molecular flexibility index (Phi) is 5.94. The average molecular weight is 367 g/mol. The molecular formula is C16H19BrN2OS. The molecule has 1 N–H and O–H groups in total. The third kappa shape index (κ3) is 4.64. The van der Waals surface area contributed by atoms with Crippen molar-refractivity contribution >= 4 is 33.6 Å². The molecule has 5 heteroatoms. The van der Waals surface area contributed by atoms with Crippen LogP contribution in [0.5, 0.6) is 0 Å². The lowest BCUT2D eigenvalue weighted by atomic mass is 10.3. The van der Waals surface area contributed by atoms with Crippen molar-refractivity contribution in [2.45, 2.75) is 24.8 Å².